The largest absolute Gasteiger partial charge is 0.489 e. The van der Waals surface area contributed by atoms with Gasteiger partial charge in [0.2, 0.25) is 0 Å². The Morgan fingerprint density at radius 2 is 1.69 bits per heavy atom. The minimum absolute atomic E-state index is 0.172. The summed E-state index contributed by atoms with van der Waals surface area (Å²) in [6.07, 6.45) is 1.38. The van der Waals surface area contributed by atoms with Crippen molar-refractivity contribution in [2.75, 3.05) is 13.2 Å². The summed E-state index contributed by atoms with van der Waals surface area (Å²) in [5.74, 6) is 6.42. The van der Waals surface area contributed by atoms with Crippen LogP contribution in [0, 0.1) is 11.8 Å². The number of hydrogen-bond acceptors (Lipinski definition) is 4. The number of hydrogen-bond donors (Lipinski definition) is 0. The van der Waals surface area contributed by atoms with Crippen molar-refractivity contribution >= 4 is 5.97 Å². The normalized spacial score (nSPS) is 13.8. The van der Waals surface area contributed by atoms with E-state index in [0.717, 1.165) is 42.9 Å². The van der Waals surface area contributed by atoms with Crippen LogP contribution in [0.3, 0.4) is 0 Å². The van der Waals surface area contributed by atoms with Gasteiger partial charge in [-0.2, -0.15) is 0 Å². The lowest BCUT2D eigenvalue weighted by molar-refractivity contribution is -0.143. The van der Waals surface area contributed by atoms with Crippen LogP contribution in [0.2, 0.25) is 0 Å². The van der Waals surface area contributed by atoms with Gasteiger partial charge in [-0.25, -0.2) is 0 Å². The summed E-state index contributed by atoms with van der Waals surface area (Å²) in [6, 6.07) is 25.3. The molecule has 1 unspecified atom stereocenters. The molecule has 1 aliphatic heterocycles. The molecule has 0 aromatic heterocycles. The summed E-state index contributed by atoms with van der Waals surface area (Å²) in [4.78, 5) is 14.4. The molecule has 1 heterocycles. The van der Waals surface area contributed by atoms with E-state index in [1.165, 1.54) is 16.7 Å². The lowest BCUT2D eigenvalue weighted by atomic mass is 9.96. The van der Waals surface area contributed by atoms with E-state index in [4.69, 9.17) is 9.47 Å². The van der Waals surface area contributed by atoms with E-state index in [2.05, 4.69) is 65.3 Å². The average molecular weight is 468 g/mol. The van der Waals surface area contributed by atoms with Crippen LogP contribution in [0.25, 0.3) is 0 Å². The van der Waals surface area contributed by atoms with Gasteiger partial charge in [-0.3, -0.25) is 9.69 Å². The van der Waals surface area contributed by atoms with E-state index in [0.29, 0.717) is 13.2 Å². The van der Waals surface area contributed by atoms with Crippen LogP contribution in [-0.2, 0) is 35.6 Å². The van der Waals surface area contributed by atoms with Gasteiger partial charge in [0.25, 0.3) is 0 Å². The molecule has 0 aliphatic carbocycles. The van der Waals surface area contributed by atoms with E-state index in [9.17, 15) is 4.79 Å². The third kappa shape index (κ3) is 6.97. The first kappa shape index (κ1) is 24.6. The molecule has 180 valence electrons. The summed E-state index contributed by atoms with van der Waals surface area (Å²) in [5, 5.41) is 0. The van der Waals surface area contributed by atoms with Crippen molar-refractivity contribution in [1.82, 2.24) is 4.90 Å². The lowest BCUT2D eigenvalue weighted by Gasteiger charge is -2.28. The van der Waals surface area contributed by atoms with Crippen molar-refractivity contribution in [3.63, 3.8) is 0 Å². The molecular weight excluding hydrogens is 434 g/mol. The highest BCUT2D eigenvalue weighted by atomic mass is 16.5. The number of carbonyl (C=O) groups excluding carboxylic acids is 1. The topological polar surface area (TPSA) is 38.8 Å². The molecule has 0 fully saturated rings. The molecule has 4 heteroatoms. The Hall–Kier alpha value is -3.55. The summed E-state index contributed by atoms with van der Waals surface area (Å²) in [6.45, 7) is 7.57. The summed E-state index contributed by atoms with van der Waals surface area (Å²) < 4.78 is 11.1. The Morgan fingerprint density at radius 3 is 2.40 bits per heavy atom. The first-order chi connectivity index (χ1) is 17.1. The number of ether oxygens (including phenoxy) is 2. The Balaban J connectivity index is 1.28. The predicted octanol–water partition coefficient (Wildman–Crippen LogP) is 5.88. The number of benzene rings is 3. The molecule has 0 radical (unpaired) electrons. The fourth-order valence-electron chi connectivity index (χ4n) is 4.46. The molecule has 0 spiro atoms. The number of esters is 1. The molecule has 0 saturated heterocycles. The van der Waals surface area contributed by atoms with Gasteiger partial charge in [0.1, 0.15) is 12.4 Å². The summed E-state index contributed by atoms with van der Waals surface area (Å²) in [5.41, 5.74) is 6.38. The zero-order valence-electron chi connectivity index (χ0n) is 20.6. The molecule has 1 aliphatic rings. The molecule has 1 atom stereocenters. The highest BCUT2D eigenvalue weighted by molar-refractivity contribution is 5.71. The van der Waals surface area contributed by atoms with Crippen molar-refractivity contribution in [1.29, 1.82) is 0 Å². The monoisotopic (exact) mass is 467 g/mol. The molecule has 0 saturated carbocycles. The number of rotatable bonds is 9. The second-order valence-electron chi connectivity index (χ2n) is 8.86. The summed E-state index contributed by atoms with van der Waals surface area (Å²) in [7, 11) is 0. The van der Waals surface area contributed by atoms with Crippen LogP contribution >= 0.6 is 0 Å². The van der Waals surface area contributed by atoms with Gasteiger partial charge in [-0.1, -0.05) is 66.6 Å². The van der Waals surface area contributed by atoms with E-state index >= 15 is 0 Å². The maximum Gasteiger partial charge on any atom is 0.307 e. The maximum absolute atomic E-state index is 11.9. The standard InChI is InChI=1S/C31H33NO3/c1-3-7-28(20-31(33)34-4-2)27-14-16-30(17-15-27)35-23-25-12-10-24(11-13-25)21-32-19-18-26-8-5-6-9-29(26)22-32/h5-6,8-17,28H,4,18-23H2,1-2H3. The number of nitrogens with zero attached hydrogens (tertiary/aromatic N) is 1. The lowest BCUT2D eigenvalue weighted by Crippen LogP contribution is -2.29. The van der Waals surface area contributed by atoms with E-state index < -0.39 is 0 Å². The molecule has 3 aromatic carbocycles. The quantitative estimate of drug-likeness (QED) is 0.291. The van der Waals surface area contributed by atoms with Crippen LogP contribution in [0.1, 0.15) is 54.0 Å². The molecule has 0 bridgehead atoms. The van der Waals surface area contributed by atoms with Crippen LogP contribution in [-0.4, -0.2) is 24.0 Å². The van der Waals surface area contributed by atoms with E-state index in [1.807, 2.05) is 31.2 Å². The van der Waals surface area contributed by atoms with Gasteiger partial charge in [-0.15, -0.1) is 5.92 Å². The number of fused-ring (bicyclic) bond motifs is 1. The zero-order valence-corrected chi connectivity index (χ0v) is 20.6. The first-order valence-corrected chi connectivity index (χ1v) is 12.3. The summed E-state index contributed by atoms with van der Waals surface area (Å²) >= 11 is 0. The molecule has 4 rings (SSSR count). The van der Waals surface area contributed by atoms with Crippen LogP contribution in [0.4, 0.5) is 0 Å². The Labute approximate surface area is 208 Å². The van der Waals surface area contributed by atoms with Crippen molar-refractivity contribution in [2.45, 2.75) is 52.3 Å². The Bertz CT molecular complexity index is 1170. The molecule has 0 amide bonds. The van der Waals surface area contributed by atoms with E-state index in [-0.39, 0.29) is 18.3 Å². The van der Waals surface area contributed by atoms with E-state index in [1.54, 1.807) is 6.92 Å². The Morgan fingerprint density at radius 1 is 0.971 bits per heavy atom. The molecule has 3 aromatic rings. The van der Waals surface area contributed by atoms with Crippen molar-refractivity contribution in [3.8, 4) is 17.6 Å². The highest BCUT2D eigenvalue weighted by Gasteiger charge is 2.16. The second kappa shape index (κ2) is 12.2. The smallest absolute Gasteiger partial charge is 0.307 e. The van der Waals surface area contributed by atoms with Crippen LogP contribution in [0.15, 0.2) is 72.8 Å². The van der Waals surface area contributed by atoms with Crippen molar-refractivity contribution in [3.05, 3.63) is 101 Å². The Kier molecular flexibility index (Phi) is 8.59. The zero-order chi connectivity index (χ0) is 24.5. The first-order valence-electron chi connectivity index (χ1n) is 12.3. The minimum Gasteiger partial charge on any atom is -0.489 e. The van der Waals surface area contributed by atoms with Gasteiger partial charge in [0.15, 0.2) is 0 Å². The molecule has 4 nitrogen and oxygen atoms in total. The van der Waals surface area contributed by atoms with Gasteiger partial charge in [0.05, 0.1) is 18.9 Å². The number of carbonyl (C=O) groups is 1. The third-order valence-electron chi connectivity index (χ3n) is 6.32. The van der Waals surface area contributed by atoms with Crippen LogP contribution in [0.5, 0.6) is 5.75 Å². The molecule has 0 N–H and O–H groups in total. The second-order valence-corrected chi connectivity index (χ2v) is 8.86. The van der Waals surface area contributed by atoms with Crippen molar-refractivity contribution in [2.24, 2.45) is 0 Å². The molecular formula is C31H33NO3. The fourth-order valence-corrected chi connectivity index (χ4v) is 4.46. The van der Waals surface area contributed by atoms with Gasteiger partial charge >= 0.3 is 5.97 Å². The molecule has 35 heavy (non-hydrogen) atoms. The third-order valence-corrected chi connectivity index (χ3v) is 6.32. The fraction of sp³-hybridized carbons (Fsp3) is 0.323. The highest BCUT2D eigenvalue weighted by Crippen LogP contribution is 2.24. The van der Waals surface area contributed by atoms with Gasteiger partial charge in [-0.05, 0) is 60.2 Å². The van der Waals surface area contributed by atoms with Gasteiger partial charge in [0, 0.05) is 19.6 Å². The van der Waals surface area contributed by atoms with Gasteiger partial charge < -0.3 is 9.47 Å². The maximum atomic E-state index is 11.9. The minimum atomic E-state index is -0.228. The SMILES string of the molecule is CC#CC(CC(=O)OCC)c1ccc(OCc2ccc(CN3CCc4ccccc4C3)cc2)cc1. The van der Waals surface area contributed by atoms with Crippen molar-refractivity contribution < 1.29 is 14.3 Å². The predicted molar refractivity (Wildman–Crippen MR) is 139 cm³/mol. The average Bonchev–Trinajstić information content (AvgIpc) is 2.88. The van der Waals surface area contributed by atoms with Crippen LogP contribution < -0.4 is 4.74 Å².